The SMILES string of the molecule is COc1ccc(Cc2sccc2C(=O)C=C(O)C(=O)O)cc1. The van der Waals surface area contributed by atoms with Crippen LogP contribution in [0.1, 0.15) is 20.8 Å². The summed E-state index contributed by atoms with van der Waals surface area (Å²) in [7, 11) is 1.59. The number of carbonyl (C=O) groups excluding carboxylic acids is 1. The number of aliphatic hydroxyl groups is 1. The van der Waals surface area contributed by atoms with Gasteiger partial charge >= 0.3 is 5.97 Å². The second-order valence-corrected chi connectivity index (χ2v) is 5.48. The molecule has 0 amide bonds. The Morgan fingerprint density at radius 1 is 1.18 bits per heavy atom. The van der Waals surface area contributed by atoms with Crippen LogP contribution in [-0.2, 0) is 11.2 Å². The molecule has 0 unspecified atom stereocenters. The second-order valence-electron chi connectivity index (χ2n) is 4.48. The van der Waals surface area contributed by atoms with E-state index in [2.05, 4.69) is 0 Å². The van der Waals surface area contributed by atoms with E-state index in [1.165, 1.54) is 11.3 Å². The first-order chi connectivity index (χ1) is 10.5. The van der Waals surface area contributed by atoms with E-state index in [9.17, 15) is 9.59 Å². The number of ketones is 1. The van der Waals surface area contributed by atoms with E-state index in [0.29, 0.717) is 12.0 Å². The van der Waals surface area contributed by atoms with E-state index in [4.69, 9.17) is 14.9 Å². The number of carboxylic acid groups (broad SMARTS) is 1. The molecular formula is C16H14O5S. The fourth-order valence-corrected chi connectivity index (χ4v) is 2.80. The third-order valence-corrected chi connectivity index (χ3v) is 3.94. The van der Waals surface area contributed by atoms with Crippen LogP contribution >= 0.6 is 11.3 Å². The molecule has 0 spiro atoms. The molecule has 0 bridgehead atoms. The molecular weight excluding hydrogens is 304 g/mol. The van der Waals surface area contributed by atoms with Gasteiger partial charge in [0.25, 0.3) is 0 Å². The summed E-state index contributed by atoms with van der Waals surface area (Å²) in [5.41, 5.74) is 1.40. The van der Waals surface area contributed by atoms with Crippen molar-refractivity contribution in [2.45, 2.75) is 6.42 Å². The largest absolute Gasteiger partial charge is 0.502 e. The Morgan fingerprint density at radius 3 is 2.45 bits per heavy atom. The van der Waals surface area contributed by atoms with E-state index < -0.39 is 17.5 Å². The number of methoxy groups -OCH3 is 1. The molecule has 22 heavy (non-hydrogen) atoms. The van der Waals surface area contributed by atoms with Gasteiger partial charge < -0.3 is 14.9 Å². The maximum atomic E-state index is 12.0. The van der Waals surface area contributed by atoms with E-state index in [1.807, 2.05) is 24.3 Å². The number of hydrogen-bond donors (Lipinski definition) is 2. The monoisotopic (exact) mass is 318 g/mol. The summed E-state index contributed by atoms with van der Waals surface area (Å²) >= 11 is 1.41. The van der Waals surface area contributed by atoms with Gasteiger partial charge in [-0.25, -0.2) is 4.79 Å². The highest BCUT2D eigenvalue weighted by Crippen LogP contribution is 2.23. The normalized spacial score (nSPS) is 11.2. The van der Waals surface area contributed by atoms with Crippen molar-refractivity contribution in [3.05, 3.63) is 63.6 Å². The predicted molar refractivity (Wildman–Crippen MR) is 82.8 cm³/mol. The van der Waals surface area contributed by atoms with Gasteiger partial charge in [0.1, 0.15) is 5.75 Å². The Bertz CT molecular complexity index is 712. The fourth-order valence-electron chi connectivity index (χ4n) is 1.89. The van der Waals surface area contributed by atoms with E-state index in [0.717, 1.165) is 22.3 Å². The van der Waals surface area contributed by atoms with Crippen LogP contribution in [0.2, 0.25) is 0 Å². The Hall–Kier alpha value is -2.60. The molecule has 2 N–H and O–H groups in total. The van der Waals surface area contributed by atoms with Crippen LogP contribution in [0.5, 0.6) is 5.75 Å². The second kappa shape index (κ2) is 6.91. The molecule has 0 aliphatic heterocycles. The number of hydrogen-bond acceptors (Lipinski definition) is 5. The number of allylic oxidation sites excluding steroid dienone is 1. The first-order valence-electron chi connectivity index (χ1n) is 6.39. The quantitative estimate of drug-likeness (QED) is 0.486. The van der Waals surface area contributed by atoms with Crippen molar-refractivity contribution in [2.24, 2.45) is 0 Å². The standard InChI is InChI=1S/C16H14O5S/c1-21-11-4-2-10(3-5-11)8-15-12(6-7-22-15)13(17)9-14(18)16(19)20/h2-7,9,18H,8H2,1H3,(H,19,20). The molecule has 0 fully saturated rings. The first kappa shape index (κ1) is 15.8. The summed E-state index contributed by atoms with van der Waals surface area (Å²) in [6, 6.07) is 9.09. The maximum Gasteiger partial charge on any atom is 0.371 e. The summed E-state index contributed by atoms with van der Waals surface area (Å²) < 4.78 is 5.09. The van der Waals surface area contributed by atoms with Crippen LogP contribution in [0.15, 0.2) is 47.5 Å². The van der Waals surface area contributed by atoms with Crippen molar-refractivity contribution in [1.82, 2.24) is 0 Å². The fraction of sp³-hybridized carbons (Fsp3) is 0.125. The van der Waals surface area contributed by atoms with Crippen molar-refractivity contribution in [3.8, 4) is 5.75 Å². The number of carbonyl (C=O) groups is 2. The number of rotatable bonds is 6. The van der Waals surface area contributed by atoms with Gasteiger partial charge in [0.05, 0.1) is 7.11 Å². The minimum atomic E-state index is -1.53. The minimum Gasteiger partial charge on any atom is -0.502 e. The van der Waals surface area contributed by atoms with Crippen LogP contribution in [0.25, 0.3) is 0 Å². The third kappa shape index (κ3) is 3.73. The molecule has 1 aromatic carbocycles. The van der Waals surface area contributed by atoms with Crippen LogP contribution in [0.4, 0.5) is 0 Å². The molecule has 1 heterocycles. The number of aliphatic hydroxyl groups excluding tert-OH is 1. The molecule has 0 radical (unpaired) electrons. The highest BCUT2D eigenvalue weighted by molar-refractivity contribution is 7.10. The maximum absolute atomic E-state index is 12.0. The van der Waals surface area contributed by atoms with Gasteiger partial charge in [-0.3, -0.25) is 4.79 Å². The Kier molecular flexibility index (Phi) is 4.95. The smallest absolute Gasteiger partial charge is 0.371 e. The lowest BCUT2D eigenvalue weighted by Crippen LogP contribution is -2.04. The summed E-state index contributed by atoms with van der Waals surface area (Å²) in [6.07, 6.45) is 1.27. The highest BCUT2D eigenvalue weighted by Gasteiger charge is 2.14. The molecule has 6 heteroatoms. The van der Waals surface area contributed by atoms with Crippen LogP contribution in [0.3, 0.4) is 0 Å². The third-order valence-electron chi connectivity index (χ3n) is 3.02. The Morgan fingerprint density at radius 2 is 1.86 bits per heavy atom. The average molecular weight is 318 g/mol. The number of benzene rings is 1. The summed E-state index contributed by atoms with van der Waals surface area (Å²) in [4.78, 5) is 23.4. The number of ether oxygens (including phenoxy) is 1. The Balaban J connectivity index is 2.20. The molecule has 1 aromatic heterocycles. The molecule has 114 valence electrons. The average Bonchev–Trinajstić information content (AvgIpc) is 2.96. The van der Waals surface area contributed by atoms with Gasteiger partial charge in [-0.15, -0.1) is 11.3 Å². The molecule has 0 atom stereocenters. The molecule has 0 saturated heterocycles. The van der Waals surface area contributed by atoms with Gasteiger partial charge in [0, 0.05) is 22.9 Å². The van der Waals surface area contributed by atoms with Crippen molar-refractivity contribution >= 4 is 23.1 Å². The molecule has 2 rings (SSSR count). The van der Waals surface area contributed by atoms with Crippen molar-refractivity contribution < 1.29 is 24.5 Å². The molecule has 0 aliphatic carbocycles. The summed E-state index contributed by atoms with van der Waals surface area (Å²) in [5.74, 6) is -2.27. The van der Waals surface area contributed by atoms with Crippen LogP contribution < -0.4 is 4.74 Å². The highest BCUT2D eigenvalue weighted by atomic mass is 32.1. The number of thiophene rings is 1. The predicted octanol–water partition coefficient (Wildman–Crippen LogP) is 3.06. The molecule has 0 saturated carbocycles. The topological polar surface area (TPSA) is 83.8 Å². The summed E-state index contributed by atoms with van der Waals surface area (Å²) in [6.45, 7) is 0. The zero-order valence-electron chi connectivity index (χ0n) is 11.8. The van der Waals surface area contributed by atoms with Gasteiger partial charge in [-0.1, -0.05) is 12.1 Å². The van der Waals surface area contributed by atoms with E-state index in [1.54, 1.807) is 18.6 Å². The van der Waals surface area contributed by atoms with Gasteiger partial charge in [-0.2, -0.15) is 0 Å². The van der Waals surface area contributed by atoms with Gasteiger partial charge in [0.2, 0.25) is 5.76 Å². The van der Waals surface area contributed by atoms with Crippen LogP contribution in [-0.4, -0.2) is 29.1 Å². The first-order valence-corrected chi connectivity index (χ1v) is 7.27. The van der Waals surface area contributed by atoms with E-state index >= 15 is 0 Å². The summed E-state index contributed by atoms with van der Waals surface area (Å²) in [5, 5.41) is 19.5. The molecule has 2 aromatic rings. The zero-order chi connectivity index (χ0) is 16.1. The van der Waals surface area contributed by atoms with E-state index in [-0.39, 0.29) is 0 Å². The van der Waals surface area contributed by atoms with Gasteiger partial charge in [-0.05, 0) is 29.1 Å². The molecule has 0 aliphatic rings. The minimum absolute atomic E-state index is 0.397. The number of carboxylic acids is 1. The van der Waals surface area contributed by atoms with Crippen molar-refractivity contribution in [1.29, 1.82) is 0 Å². The lowest BCUT2D eigenvalue weighted by Gasteiger charge is -2.04. The number of aliphatic carboxylic acids is 1. The van der Waals surface area contributed by atoms with Gasteiger partial charge in [0.15, 0.2) is 5.78 Å². The zero-order valence-corrected chi connectivity index (χ0v) is 12.6. The van der Waals surface area contributed by atoms with Crippen molar-refractivity contribution in [3.63, 3.8) is 0 Å². The molecule has 5 nitrogen and oxygen atoms in total. The Labute approximate surface area is 131 Å². The van der Waals surface area contributed by atoms with Crippen molar-refractivity contribution in [2.75, 3.05) is 7.11 Å². The lowest BCUT2D eigenvalue weighted by molar-refractivity contribution is -0.135. The lowest BCUT2D eigenvalue weighted by atomic mass is 10.1. The van der Waals surface area contributed by atoms with Crippen LogP contribution in [0, 0.1) is 0 Å².